The van der Waals surface area contributed by atoms with E-state index in [1.54, 1.807) is 0 Å². The van der Waals surface area contributed by atoms with Crippen LogP contribution in [0.1, 0.15) is 56.6 Å². The first-order chi connectivity index (χ1) is 16.8. The molecule has 7 heteroatoms. The molecule has 0 saturated heterocycles. The molecule has 2 aromatic carbocycles. The molecule has 2 aliphatic carbocycles. The Labute approximate surface area is 206 Å². The van der Waals surface area contributed by atoms with Crippen molar-refractivity contribution in [1.82, 2.24) is 10.6 Å². The van der Waals surface area contributed by atoms with E-state index in [0.717, 1.165) is 24.0 Å². The Hall–Kier alpha value is -3.35. The van der Waals surface area contributed by atoms with Gasteiger partial charge in [-0.05, 0) is 40.5 Å². The summed E-state index contributed by atoms with van der Waals surface area (Å²) >= 11 is 0. The van der Waals surface area contributed by atoms with Crippen molar-refractivity contribution in [3.05, 3.63) is 59.7 Å². The summed E-state index contributed by atoms with van der Waals surface area (Å²) in [7, 11) is 0. The number of hydrogen-bond donors (Lipinski definition) is 3. The third kappa shape index (κ3) is 6.21. The van der Waals surface area contributed by atoms with Gasteiger partial charge in [0.1, 0.15) is 6.61 Å². The first kappa shape index (κ1) is 24.8. The summed E-state index contributed by atoms with van der Waals surface area (Å²) in [5.41, 5.74) is 4.62. The van der Waals surface area contributed by atoms with E-state index < -0.39 is 24.0 Å². The lowest BCUT2D eigenvalue weighted by molar-refractivity contribution is -0.138. The predicted octanol–water partition coefficient (Wildman–Crippen LogP) is 4.56. The number of carbonyl (C=O) groups excluding carboxylic acids is 2. The number of amides is 2. The molecular weight excluding hydrogens is 444 g/mol. The average Bonchev–Trinajstić information content (AvgIpc) is 3.60. The summed E-state index contributed by atoms with van der Waals surface area (Å²) in [5.74, 6) is -1.13. The lowest BCUT2D eigenvalue weighted by Crippen LogP contribution is -2.46. The molecule has 2 aromatic rings. The van der Waals surface area contributed by atoms with E-state index in [2.05, 4.69) is 34.9 Å². The SMILES string of the molecule is CC(C)[C@@H](CC(=O)O)NC(=O)C(CNC(=O)OCC1c2ccccc2-c2ccccc21)CC1CC1. The van der Waals surface area contributed by atoms with Gasteiger partial charge in [0.2, 0.25) is 5.91 Å². The molecule has 2 amide bonds. The van der Waals surface area contributed by atoms with Gasteiger partial charge in [-0.3, -0.25) is 9.59 Å². The van der Waals surface area contributed by atoms with E-state index in [-0.39, 0.29) is 37.3 Å². The molecule has 1 unspecified atom stereocenters. The number of ether oxygens (including phenoxy) is 1. The Morgan fingerprint density at radius 2 is 1.60 bits per heavy atom. The van der Waals surface area contributed by atoms with Crippen LogP contribution in [0.15, 0.2) is 48.5 Å². The Morgan fingerprint density at radius 1 is 1.00 bits per heavy atom. The topological polar surface area (TPSA) is 105 Å². The fourth-order valence-electron chi connectivity index (χ4n) is 4.84. The molecule has 2 aliphatic rings. The minimum absolute atomic E-state index is 0.00767. The van der Waals surface area contributed by atoms with Gasteiger partial charge in [-0.15, -0.1) is 0 Å². The molecule has 0 aliphatic heterocycles. The van der Waals surface area contributed by atoms with E-state index in [9.17, 15) is 14.4 Å². The maximum absolute atomic E-state index is 13.0. The zero-order valence-corrected chi connectivity index (χ0v) is 20.3. The zero-order valence-electron chi connectivity index (χ0n) is 20.3. The van der Waals surface area contributed by atoms with Crippen molar-refractivity contribution < 1.29 is 24.2 Å². The number of fused-ring (bicyclic) bond motifs is 3. The van der Waals surface area contributed by atoms with Crippen molar-refractivity contribution in [3.63, 3.8) is 0 Å². The molecule has 3 N–H and O–H groups in total. The van der Waals surface area contributed by atoms with Crippen LogP contribution in [0.4, 0.5) is 4.79 Å². The molecule has 1 saturated carbocycles. The van der Waals surface area contributed by atoms with Crippen LogP contribution in [-0.2, 0) is 14.3 Å². The van der Waals surface area contributed by atoms with E-state index in [0.29, 0.717) is 12.3 Å². The number of carboxylic acid groups (broad SMARTS) is 1. The average molecular weight is 479 g/mol. The molecule has 186 valence electrons. The smallest absolute Gasteiger partial charge is 0.407 e. The fourth-order valence-corrected chi connectivity index (χ4v) is 4.84. The first-order valence-corrected chi connectivity index (χ1v) is 12.4. The summed E-state index contributed by atoms with van der Waals surface area (Å²) < 4.78 is 5.60. The number of rotatable bonds is 11. The highest BCUT2D eigenvalue weighted by molar-refractivity contribution is 5.81. The normalized spacial score (nSPS) is 16.2. The van der Waals surface area contributed by atoms with Crippen molar-refractivity contribution in [2.24, 2.45) is 17.8 Å². The highest BCUT2D eigenvalue weighted by Crippen LogP contribution is 2.44. The van der Waals surface area contributed by atoms with Gasteiger partial charge < -0.3 is 20.5 Å². The molecule has 0 radical (unpaired) electrons. The number of alkyl carbamates (subject to hydrolysis) is 1. The van der Waals surface area contributed by atoms with Gasteiger partial charge in [0, 0.05) is 18.5 Å². The van der Waals surface area contributed by atoms with Crippen LogP contribution < -0.4 is 10.6 Å². The molecule has 4 rings (SSSR count). The van der Waals surface area contributed by atoms with E-state index in [1.165, 1.54) is 11.1 Å². The molecule has 35 heavy (non-hydrogen) atoms. The van der Waals surface area contributed by atoms with Crippen LogP contribution in [0.3, 0.4) is 0 Å². The maximum atomic E-state index is 13.0. The number of nitrogens with one attached hydrogen (secondary N) is 2. The Morgan fingerprint density at radius 3 is 2.14 bits per heavy atom. The maximum Gasteiger partial charge on any atom is 0.407 e. The van der Waals surface area contributed by atoms with Crippen LogP contribution in [0.5, 0.6) is 0 Å². The van der Waals surface area contributed by atoms with Gasteiger partial charge in [-0.25, -0.2) is 4.79 Å². The lowest BCUT2D eigenvalue weighted by Gasteiger charge is -2.24. The van der Waals surface area contributed by atoms with Crippen molar-refractivity contribution in [3.8, 4) is 11.1 Å². The molecule has 0 spiro atoms. The first-order valence-electron chi connectivity index (χ1n) is 12.4. The highest BCUT2D eigenvalue weighted by Gasteiger charge is 2.32. The van der Waals surface area contributed by atoms with Crippen molar-refractivity contribution in [2.45, 2.75) is 51.5 Å². The Kier molecular flexibility index (Phi) is 7.73. The molecule has 7 nitrogen and oxygen atoms in total. The predicted molar refractivity (Wildman–Crippen MR) is 133 cm³/mol. The molecule has 2 atom stereocenters. The van der Waals surface area contributed by atoms with E-state index in [1.807, 2.05) is 38.1 Å². The zero-order chi connectivity index (χ0) is 24.9. The van der Waals surface area contributed by atoms with Crippen molar-refractivity contribution in [1.29, 1.82) is 0 Å². The van der Waals surface area contributed by atoms with Crippen molar-refractivity contribution in [2.75, 3.05) is 13.2 Å². The van der Waals surface area contributed by atoms with E-state index >= 15 is 0 Å². The summed E-state index contributed by atoms with van der Waals surface area (Å²) in [6, 6.07) is 15.9. The second kappa shape index (κ2) is 10.9. The van der Waals surface area contributed by atoms with Gasteiger partial charge in [0.05, 0.1) is 12.3 Å². The minimum atomic E-state index is -0.945. The molecule has 0 heterocycles. The van der Waals surface area contributed by atoms with Crippen LogP contribution in [0, 0.1) is 17.8 Å². The number of hydrogen-bond acceptors (Lipinski definition) is 4. The second-order valence-electron chi connectivity index (χ2n) is 10.0. The van der Waals surface area contributed by atoms with E-state index in [4.69, 9.17) is 9.84 Å². The minimum Gasteiger partial charge on any atom is -0.481 e. The number of benzene rings is 2. The van der Waals surface area contributed by atoms with Crippen LogP contribution in [0.2, 0.25) is 0 Å². The second-order valence-corrected chi connectivity index (χ2v) is 10.0. The highest BCUT2D eigenvalue weighted by atomic mass is 16.5. The van der Waals surface area contributed by atoms with Crippen LogP contribution in [-0.4, -0.2) is 42.3 Å². The molecule has 0 bridgehead atoms. The Balaban J connectivity index is 1.34. The summed E-state index contributed by atoms with van der Waals surface area (Å²) in [5, 5.41) is 14.8. The van der Waals surface area contributed by atoms with Gasteiger partial charge in [-0.1, -0.05) is 75.2 Å². The summed E-state index contributed by atoms with van der Waals surface area (Å²) in [6.07, 6.45) is 2.16. The van der Waals surface area contributed by atoms with Crippen molar-refractivity contribution >= 4 is 18.0 Å². The van der Waals surface area contributed by atoms with Crippen LogP contribution >= 0.6 is 0 Å². The monoisotopic (exact) mass is 478 g/mol. The standard InChI is InChI=1S/C28H34N2O5/c1-17(2)25(14-26(31)32)30-27(33)19(13-18-11-12-18)15-29-28(34)35-16-24-22-9-5-3-7-20(22)21-8-4-6-10-23(21)24/h3-10,17-19,24-25H,11-16H2,1-2H3,(H,29,34)(H,30,33)(H,31,32)/t19?,25-/m1/s1. The van der Waals surface area contributed by atoms with Gasteiger partial charge in [0.15, 0.2) is 0 Å². The largest absolute Gasteiger partial charge is 0.481 e. The van der Waals surface area contributed by atoms with Gasteiger partial charge in [-0.2, -0.15) is 0 Å². The quantitative estimate of drug-likeness (QED) is 0.439. The Bertz CT molecular complexity index is 1030. The number of carbonyl (C=O) groups is 3. The van der Waals surface area contributed by atoms with Gasteiger partial charge >= 0.3 is 12.1 Å². The summed E-state index contributed by atoms with van der Waals surface area (Å²) in [4.78, 5) is 36.7. The van der Waals surface area contributed by atoms with Gasteiger partial charge in [0.25, 0.3) is 0 Å². The third-order valence-electron chi connectivity index (χ3n) is 7.05. The summed E-state index contributed by atoms with van der Waals surface area (Å²) in [6.45, 7) is 4.15. The number of carboxylic acids is 1. The molecular formula is C28H34N2O5. The molecule has 0 aromatic heterocycles. The number of aliphatic carboxylic acids is 1. The third-order valence-corrected chi connectivity index (χ3v) is 7.05. The van der Waals surface area contributed by atoms with Crippen LogP contribution in [0.25, 0.3) is 11.1 Å². The molecule has 1 fully saturated rings. The lowest BCUT2D eigenvalue weighted by atomic mass is 9.97. The fraction of sp³-hybridized carbons (Fsp3) is 0.464.